The molecule has 0 saturated carbocycles. The van der Waals surface area contributed by atoms with Crippen molar-refractivity contribution in [3.8, 4) is 5.75 Å². The number of nitrogens with one attached hydrogen (secondary N) is 1. The van der Waals surface area contributed by atoms with Crippen molar-refractivity contribution >= 4 is 28.9 Å². The minimum atomic E-state index is -0.896. The van der Waals surface area contributed by atoms with Gasteiger partial charge in [-0.05, 0) is 56.4 Å². The van der Waals surface area contributed by atoms with E-state index in [2.05, 4.69) is 5.32 Å². The largest absolute Gasteiger partial charge is 0.495 e. The number of fused-ring (bicyclic) bond motifs is 1. The van der Waals surface area contributed by atoms with Gasteiger partial charge in [0, 0.05) is 4.88 Å². The van der Waals surface area contributed by atoms with E-state index in [1.807, 2.05) is 12.1 Å². The molecule has 1 heterocycles. The van der Waals surface area contributed by atoms with Crippen molar-refractivity contribution in [1.82, 2.24) is 0 Å². The van der Waals surface area contributed by atoms with E-state index in [1.165, 1.54) is 48.1 Å². The fourth-order valence-electron chi connectivity index (χ4n) is 3.20. The molecule has 1 amide bonds. The Morgan fingerprint density at radius 2 is 1.85 bits per heavy atom. The zero-order chi connectivity index (χ0) is 19.2. The Balaban J connectivity index is 1.63. The van der Waals surface area contributed by atoms with Gasteiger partial charge in [-0.2, -0.15) is 0 Å². The van der Waals surface area contributed by atoms with Crippen LogP contribution < -0.4 is 10.1 Å². The van der Waals surface area contributed by atoms with Gasteiger partial charge in [-0.1, -0.05) is 25.0 Å². The minimum absolute atomic E-state index is 0.386. The molecule has 0 unspecified atom stereocenters. The molecule has 6 heteroatoms. The number of esters is 1. The van der Waals surface area contributed by atoms with Gasteiger partial charge in [-0.3, -0.25) is 4.79 Å². The molecule has 0 bridgehead atoms. The molecule has 0 spiro atoms. The SMILES string of the molecule is COc1ccccc1NC(=O)[C@@H](C)OC(=O)c1cc2c(s1)CCCCCC2. The van der Waals surface area contributed by atoms with Crippen LogP contribution in [-0.4, -0.2) is 25.1 Å². The molecular formula is C21H25NO4S. The van der Waals surface area contributed by atoms with E-state index in [1.54, 1.807) is 25.1 Å². The van der Waals surface area contributed by atoms with Gasteiger partial charge in [0.2, 0.25) is 0 Å². The van der Waals surface area contributed by atoms with E-state index in [-0.39, 0.29) is 5.91 Å². The number of hydrogen-bond acceptors (Lipinski definition) is 5. The van der Waals surface area contributed by atoms with Crippen LogP contribution in [0.2, 0.25) is 0 Å². The van der Waals surface area contributed by atoms with Crippen LogP contribution in [0.1, 0.15) is 52.7 Å². The number of para-hydroxylation sites is 2. The second-order valence-corrected chi connectivity index (χ2v) is 7.85. The van der Waals surface area contributed by atoms with Gasteiger partial charge in [0.05, 0.1) is 12.8 Å². The summed E-state index contributed by atoms with van der Waals surface area (Å²) in [6.07, 6.45) is 5.97. The number of ether oxygens (including phenoxy) is 2. The van der Waals surface area contributed by atoms with Gasteiger partial charge >= 0.3 is 5.97 Å². The zero-order valence-corrected chi connectivity index (χ0v) is 16.6. The maximum absolute atomic E-state index is 12.5. The number of methoxy groups -OCH3 is 1. The zero-order valence-electron chi connectivity index (χ0n) is 15.7. The summed E-state index contributed by atoms with van der Waals surface area (Å²) in [5.74, 6) is -0.264. The molecule has 0 aliphatic heterocycles. The average Bonchev–Trinajstić information content (AvgIpc) is 3.04. The van der Waals surface area contributed by atoms with E-state index in [0.717, 1.165) is 19.3 Å². The lowest BCUT2D eigenvalue weighted by Crippen LogP contribution is -2.29. The summed E-state index contributed by atoms with van der Waals surface area (Å²) in [4.78, 5) is 26.8. The number of aryl methyl sites for hydroxylation is 2. The molecule has 1 aliphatic carbocycles. The van der Waals surface area contributed by atoms with Crippen LogP contribution in [0.4, 0.5) is 5.69 Å². The molecule has 144 valence electrons. The number of anilines is 1. The Hall–Kier alpha value is -2.34. The lowest BCUT2D eigenvalue weighted by Gasteiger charge is -2.14. The Bertz CT molecular complexity index is 789. The van der Waals surface area contributed by atoms with Crippen LogP contribution in [0.25, 0.3) is 0 Å². The Morgan fingerprint density at radius 3 is 2.63 bits per heavy atom. The normalized spacial score (nSPS) is 15.0. The third kappa shape index (κ3) is 4.89. The highest BCUT2D eigenvalue weighted by atomic mass is 32.1. The number of carbonyl (C=O) groups is 2. The van der Waals surface area contributed by atoms with E-state index in [9.17, 15) is 9.59 Å². The minimum Gasteiger partial charge on any atom is -0.495 e. The number of amides is 1. The fourth-order valence-corrected chi connectivity index (χ4v) is 4.34. The predicted octanol–water partition coefficient (Wildman–Crippen LogP) is 4.60. The van der Waals surface area contributed by atoms with Gasteiger partial charge in [-0.15, -0.1) is 11.3 Å². The first-order valence-electron chi connectivity index (χ1n) is 9.35. The molecule has 1 aromatic carbocycles. The topological polar surface area (TPSA) is 64.6 Å². The second-order valence-electron chi connectivity index (χ2n) is 6.71. The van der Waals surface area contributed by atoms with Crippen molar-refractivity contribution in [2.75, 3.05) is 12.4 Å². The van der Waals surface area contributed by atoms with Crippen LogP contribution in [0.3, 0.4) is 0 Å². The lowest BCUT2D eigenvalue weighted by molar-refractivity contribution is -0.123. The Morgan fingerprint density at radius 1 is 1.11 bits per heavy atom. The monoisotopic (exact) mass is 387 g/mol. The summed E-state index contributed by atoms with van der Waals surface area (Å²) in [7, 11) is 1.54. The number of benzene rings is 1. The molecule has 1 N–H and O–H groups in total. The third-order valence-electron chi connectivity index (χ3n) is 4.72. The Kier molecular flexibility index (Phi) is 6.50. The van der Waals surface area contributed by atoms with Crippen molar-refractivity contribution in [3.63, 3.8) is 0 Å². The first-order chi connectivity index (χ1) is 13.1. The van der Waals surface area contributed by atoms with Crippen molar-refractivity contribution in [1.29, 1.82) is 0 Å². The van der Waals surface area contributed by atoms with Crippen molar-refractivity contribution in [2.24, 2.45) is 0 Å². The first-order valence-corrected chi connectivity index (χ1v) is 10.2. The summed E-state index contributed by atoms with van der Waals surface area (Å²) >= 11 is 1.50. The third-order valence-corrected chi connectivity index (χ3v) is 5.93. The Labute approximate surface area is 163 Å². The van der Waals surface area contributed by atoms with Crippen molar-refractivity contribution in [2.45, 2.75) is 51.6 Å². The summed E-state index contributed by atoms with van der Waals surface area (Å²) < 4.78 is 10.6. The molecule has 0 radical (unpaired) electrons. The number of carbonyl (C=O) groups excluding carboxylic acids is 2. The van der Waals surface area contributed by atoms with Crippen LogP contribution in [0.5, 0.6) is 5.75 Å². The van der Waals surface area contributed by atoms with E-state index in [0.29, 0.717) is 16.3 Å². The van der Waals surface area contributed by atoms with Gasteiger partial charge < -0.3 is 14.8 Å². The molecular weight excluding hydrogens is 362 g/mol. The molecule has 1 aliphatic rings. The van der Waals surface area contributed by atoms with Crippen LogP contribution in [0.15, 0.2) is 30.3 Å². The molecule has 0 saturated heterocycles. The molecule has 5 nitrogen and oxygen atoms in total. The standard InChI is InChI=1S/C21H25NO4S/c1-14(20(23)22-16-10-7-8-11-17(16)25-2)26-21(24)19-13-15-9-5-3-4-6-12-18(15)27-19/h7-8,10-11,13-14H,3-6,9,12H2,1-2H3,(H,22,23)/t14-/m1/s1. The number of rotatable bonds is 5. The maximum Gasteiger partial charge on any atom is 0.349 e. The van der Waals surface area contributed by atoms with Gasteiger partial charge in [0.1, 0.15) is 10.6 Å². The number of hydrogen-bond donors (Lipinski definition) is 1. The predicted molar refractivity (Wildman–Crippen MR) is 107 cm³/mol. The quantitative estimate of drug-likeness (QED) is 0.762. The average molecular weight is 388 g/mol. The van der Waals surface area contributed by atoms with Gasteiger partial charge in [0.15, 0.2) is 6.10 Å². The van der Waals surface area contributed by atoms with Crippen LogP contribution in [-0.2, 0) is 22.4 Å². The lowest BCUT2D eigenvalue weighted by atomic mass is 10.00. The maximum atomic E-state index is 12.5. The van der Waals surface area contributed by atoms with Crippen molar-refractivity contribution < 1.29 is 19.1 Å². The van der Waals surface area contributed by atoms with E-state index < -0.39 is 12.1 Å². The first kappa shape index (κ1) is 19.4. The van der Waals surface area contributed by atoms with Crippen molar-refractivity contribution in [3.05, 3.63) is 45.6 Å². The highest BCUT2D eigenvalue weighted by molar-refractivity contribution is 7.14. The second kappa shape index (κ2) is 9.04. The number of thiophene rings is 1. The summed E-state index contributed by atoms with van der Waals surface area (Å²) in [6, 6.07) is 9.06. The highest BCUT2D eigenvalue weighted by Gasteiger charge is 2.22. The van der Waals surface area contributed by atoms with Gasteiger partial charge in [-0.25, -0.2) is 4.79 Å². The van der Waals surface area contributed by atoms with Crippen LogP contribution in [0, 0.1) is 0 Å². The molecule has 3 rings (SSSR count). The molecule has 27 heavy (non-hydrogen) atoms. The summed E-state index contributed by atoms with van der Waals surface area (Å²) in [5, 5.41) is 2.75. The smallest absolute Gasteiger partial charge is 0.349 e. The summed E-state index contributed by atoms with van der Waals surface area (Å²) in [5.41, 5.74) is 1.81. The molecule has 0 fully saturated rings. The molecule has 2 aromatic rings. The van der Waals surface area contributed by atoms with E-state index >= 15 is 0 Å². The highest BCUT2D eigenvalue weighted by Crippen LogP contribution is 2.29. The van der Waals surface area contributed by atoms with Crippen LogP contribution >= 0.6 is 11.3 Å². The molecule has 1 aromatic heterocycles. The van der Waals surface area contributed by atoms with Gasteiger partial charge in [0.25, 0.3) is 5.91 Å². The summed E-state index contributed by atoms with van der Waals surface area (Å²) in [6.45, 7) is 1.58. The molecule has 1 atom stereocenters. The fraction of sp³-hybridized carbons (Fsp3) is 0.429. The van der Waals surface area contributed by atoms with E-state index in [4.69, 9.17) is 9.47 Å².